The Kier molecular flexibility index (Phi) is 5.82. The molecule has 3 heteroatoms. The minimum absolute atomic E-state index is 0.709. The van der Waals surface area contributed by atoms with Gasteiger partial charge in [0.1, 0.15) is 5.75 Å². The Morgan fingerprint density at radius 1 is 1.00 bits per heavy atom. The topological polar surface area (TPSA) is 18.5 Å². The van der Waals surface area contributed by atoms with Crippen LogP contribution in [0.4, 0.5) is 0 Å². The Balaban J connectivity index is 1.53. The fourth-order valence-corrected chi connectivity index (χ4v) is 4.56. The quantitative estimate of drug-likeness (QED) is 0.593. The number of thiophene rings is 1. The van der Waals surface area contributed by atoms with Gasteiger partial charge in [-0.2, -0.15) is 0 Å². The average Bonchev–Trinajstić information content (AvgIpc) is 2.97. The van der Waals surface area contributed by atoms with Crippen molar-refractivity contribution in [2.45, 2.75) is 52.4 Å². The van der Waals surface area contributed by atoms with Crippen molar-refractivity contribution in [3.8, 4) is 10.8 Å². The summed E-state index contributed by atoms with van der Waals surface area (Å²) in [6.45, 7) is 5.90. The van der Waals surface area contributed by atoms with Gasteiger partial charge in [-0.1, -0.05) is 43.9 Å². The smallest absolute Gasteiger partial charge is 0.174 e. The molecule has 1 aliphatic carbocycles. The second kappa shape index (κ2) is 8.05. The molecular weight excluding hydrogens is 304 g/mol. The molecule has 1 saturated carbocycles. The fraction of sp³-hybridized carbons (Fsp3) is 0.600. The van der Waals surface area contributed by atoms with E-state index in [9.17, 15) is 0 Å². The second-order valence-electron chi connectivity index (χ2n) is 6.68. The van der Waals surface area contributed by atoms with E-state index in [0.29, 0.717) is 6.61 Å². The van der Waals surface area contributed by atoms with Crippen LogP contribution in [0.3, 0.4) is 0 Å². The third kappa shape index (κ3) is 4.41. The predicted molar refractivity (Wildman–Crippen MR) is 98.8 cm³/mol. The van der Waals surface area contributed by atoms with Crippen LogP contribution in [0, 0.1) is 11.8 Å². The summed E-state index contributed by atoms with van der Waals surface area (Å²) in [7, 11) is 0. The van der Waals surface area contributed by atoms with Crippen LogP contribution in [0.5, 0.6) is 10.8 Å². The molecule has 23 heavy (non-hydrogen) atoms. The predicted octanol–water partition coefficient (Wildman–Crippen LogP) is 6.29. The molecule has 0 spiro atoms. The first-order valence-corrected chi connectivity index (χ1v) is 9.89. The average molecular weight is 333 g/mol. The van der Waals surface area contributed by atoms with Gasteiger partial charge in [0.25, 0.3) is 0 Å². The van der Waals surface area contributed by atoms with Crippen molar-refractivity contribution < 1.29 is 9.47 Å². The molecule has 0 unspecified atom stereocenters. The lowest BCUT2D eigenvalue weighted by molar-refractivity contribution is 0.182. The van der Waals surface area contributed by atoms with Crippen molar-refractivity contribution in [1.29, 1.82) is 0 Å². The van der Waals surface area contributed by atoms with Crippen molar-refractivity contribution in [2.75, 3.05) is 13.2 Å². The summed E-state index contributed by atoms with van der Waals surface area (Å²) >= 11 is 1.73. The number of hydrogen-bond acceptors (Lipinski definition) is 3. The Labute approximate surface area is 143 Å². The normalized spacial score (nSPS) is 21.5. The molecule has 2 aromatic rings. The maximum absolute atomic E-state index is 6.10. The number of fused-ring (bicyclic) bond motifs is 1. The van der Waals surface area contributed by atoms with E-state index >= 15 is 0 Å². The Bertz CT molecular complexity index is 611. The van der Waals surface area contributed by atoms with Crippen LogP contribution >= 0.6 is 11.3 Å². The Morgan fingerprint density at radius 3 is 2.52 bits per heavy atom. The van der Waals surface area contributed by atoms with Gasteiger partial charge in [-0.3, -0.25) is 0 Å². The number of benzene rings is 1. The van der Waals surface area contributed by atoms with Crippen LogP contribution in [0.1, 0.15) is 52.4 Å². The minimum Gasteiger partial charge on any atom is -0.494 e. The van der Waals surface area contributed by atoms with Crippen molar-refractivity contribution in [3.05, 3.63) is 24.3 Å². The van der Waals surface area contributed by atoms with Gasteiger partial charge in [0.05, 0.1) is 13.2 Å². The van der Waals surface area contributed by atoms with E-state index < -0.39 is 0 Å². The van der Waals surface area contributed by atoms with Crippen molar-refractivity contribution in [3.63, 3.8) is 0 Å². The summed E-state index contributed by atoms with van der Waals surface area (Å²) in [6.07, 6.45) is 8.20. The first-order chi connectivity index (χ1) is 11.3. The first-order valence-electron chi connectivity index (χ1n) is 9.07. The molecule has 1 aliphatic rings. The lowest BCUT2D eigenvalue weighted by Crippen LogP contribution is -2.19. The van der Waals surface area contributed by atoms with Crippen molar-refractivity contribution in [2.24, 2.45) is 11.8 Å². The van der Waals surface area contributed by atoms with Crippen LogP contribution in [0.2, 0.25) is 0 Å². The van der Waals surface area contributed by atoms with Gasteiger partial charge in [-0.15, -0.1) is 0 Å². The van der Waals surface area contributed by atoms with Gasteiger partial charge < -0.3 is 9.47 Å². The van der Waals surface area contributed by atoms with E-state index in [1.54, 1.807) is 11.3 Å². The van der Waals surface area contributed by atoms with E-state index in [4.69, 9.17) is 9.47 Å². The number of rotatable bonds is 7. The molecule has 0 N–H and O–H groups in total. The molecule has 2 nitrogen and oxygen atoms in total. The third-order valence-corrected chi connectivity index (χ3v) is 5.91. The van der Waals surface area contributed by atoms with Crippen LogP contribution in [0.15, 0.2) is 24.3 Å². The monoisotopic (exact) mass is 332 g/mol. The van der Waals surface area contributed by atoms with Crippen LogP contribution in [-0.4, -0.2) is 13.2 Å². The zero-order valence-corrected chi connectivity index (χ0v) is 15.2. The SMILES string of the molecule is CCCC1CCC(COc2cc3ccc(OCC)cc3s2)CC1. The molecule has 0 saturated heterocycles. The Morgan fingerprint density at radius 2 is 1.78 bits per heavy atom. The highest BCUT2D eigenvalue weighted by Gasteiger charge is 2.21. The van der Waals surface area contributed by atoms with Crippen LogP contribution in [0.25, 0.3) is 10.1 Å². The molecule has 0 aliphatic heterocycles. The summed E-state index contributed by atoms with van der Waals surface area (Å²) in [4.78, 5) is 0. The summed E-state index contributed by atoms with van der Waals surface area (Å²) in [5.41, 5.74) is 0. The zero-order chi connectivity index (χ0) is 16.1. The molecule has 0 radical (unpaired) electrons. The highest BCUT2D eigenvalue weighted by atomic mass is 32.1. The maximum Gasteiger partial charge on any atom is 0.174 e. The molecule has 1 heterocycles. The van der Waals surface area contributed by atoms with Gasteiger partial charge in [0.15, 0.2) is 5.06 Å². The van der Waals surface area contributed by atoms with E-state index in [1.165, 1.54) is 48.6 Å². The third-order valence-electron chi connectivity index (χ3n) is 4.90. The summed E-state index contributed by atoms with van der Waals surface area (Å²) in [6, 6.07) is 8.45. The van der Waals surface area contributed by atoms with Crippen LogP contribution < -0.4 is 9.47 Å². The maximum atomic E-state index is 6.10. The second-order valence-corrected chi connectivity index (χ2v) is 7.73. The van der Waals surface area contributed by atoms with Crippen LogP contribution in [-0.2, 0) is 0 Å². The molecule has 0 bridgehead atoms. The van der Waals surface area contributed by atoms with Gasteiger partial charge in [-0.05, 0) is 61.3 Å². The number of ether oxygens (including phenoxy) is 2. The number of hydrogen-bond donors (Lipinski definition) is 0. The van der Waals surface area contributed by atoms with E-state index in [2.05, 4.69) is 25.1 Å². The molecule has 0 atom stereocenters. The summed E-state index contributed by atoms with van der Waals surface area (Å²) in [5.74, 6) is 2.66. The van der Waals surface area contributed by atoms with Crippen molar-refractivity contribution >= 4 is 21.4 Å². The lowest BCUT2D eigenvalue weighted by Gasteiger charge is -2.27. The first kappa shape index (κ1) is 16.6. The zero-order valence-electron chi connectivity index (χ0n) is 14.3. The van der Waals surface area contributed by atoms with Gasteiger partial charge in [-0.25, -0.2) is 0 Å². The minimum atomic E-state index is 0.709. The fourth-order valence-electron chi connectivity index (χ4n) is 3.61. The molecule has 0 amide bonds. The molecule has 3 rings (SSSR count). The molecule has 1 aromatic heterocycles. The summed E-state index contributed by atoms with van der Waals surface area (Å²) in [5, 5.41) is 2.30. The van der Waals surface area contributed by atoms with Crippen molar-refractivity contribution in [1.82, 2.24) is 0 Å². The Hall–Kier alpha value is -1.22. The van der Waals surface area contributed by atoms with E-state index in [1.807, 2.05) is 13.0 Å². The molecule has 1 fully saturated rings. The van der Waals surface area contributed by atoms with Gasteiger partial charge >= 0.3 is 0 Å². The largest absolute Gasteiger partial charge is 0.494 e. The van der Waals surface area contributed by atoms with Gasteiger partial charge in [0, 0.05) is 4.70 Å². The highest BCUT2D eigenvalue weighted by Crippen LogP contribution is 2.36. The van der Waals surface area contributed by atoms with E-state index in [0.717, 1.165) is 29.3 Å². The standard InChI is InChI=1S/C20H28O2S/c1-3-5-15-6-8-16(9-7-15)14-22-20-12-17-10-11-18(21-4-2)13-19(17)23-20/h10-13,15-16H,3-9,14H2,1-2H3. The van der Waals surface area contributed by atoms with Gasteiger partial charge in [0.2, 0.25) is 0 Å². The molecule has 1 aromatic carbocycles. The van der Waals surface area contributed by atoms with E-state index in [-0.39, 0.29) is 0 Å². The highest BCUT2D eigenvalue weighted by molar-refractivity contribution is 7.20. The lowest BCUT2D eigenvalue weighted by atomic mass is 9.80. The molecule has 126 valence electrons. The summed E-state index contributed by atoms with van der Waals surface area (Å²) < 4.78 is 12.9. The molecular formula is C20H28O2S.